The molecule has 4 rings (SSSR count). The minimum atomic E-state index is 0.310. The van der Waals surface area contributed by atoms with Crippen LogP contribution < -0.4 is 9.64 Å². The van der Waals surface area contributed by atoms with Gasteiger partial charge in [0.25, 0.3) is 0 Å². The van der Waals surface area contributed by atoms with E-state index in [0.29, 0.717) is 18.3 Å². The third-order valence-electron chi connectivity index (χ3n) is 5.44. The van der Waals surface area contributed by atoms with E-state index in [4.69, 9.17) is 14.7 Å². The van der Waals surface area contributed by atoms with Crippen molar-refractivity contribution in [2.45, 2.75) is 33.0 Å². The molecule has 2 aromatic carbocycles. The summed E-state index contributed by atoms with van der Waals surface area (Å²) in [5, 5.41) is 10.1. The Labute approximate surface area is 171 Å². The van der Waals surface area contributed by atoms with Crippen LogP contribution in [-0.2, 0) is 11.3 Å². The van der Waals surface area contributed by atoms with Gasteiger partial charge in [-0.2, -0.15) is 5.26 Å². The maximum Gasteiger partial charge on any atom is 0.119 e. The minimum Gasteiger partial charge on any atom is -0.489 e. The van der Waals surface area contributed by atoms with Crippen LogP contribution in [0.15, 0.2) is 48.7 Å². The molecule has 0 spiro atoms. The summed E-state index contributed by atoms with van der Waals surface area (Å²) < 4.78 is 11.7. The van der Waals surface area contributed by atoms with Gasteiger partial charge in [0.15, 0.2) is 0 Å². The van der Waals surface area contributed by atoms with Crippen LogP contribution >= 0.6 is 0 Å². The van der Waals surface area contributed by atoms with E-state index in [1.165, 1.54) is 16.6 Å². The van der Waals surface area contributed by atoms with E-state index < -0.39 is 0 Å². The number of rotatable bonds is 6. The van der Waals surface area contributed by atoms with Crippen LogP contribution in [0, 0.1) is 18.3 Å². The van der Waals surface area contributed by atoms with Crippen LogP contribution in [0.5, 0.6) is 5.75 Å². The maximum atomic E-state index is 8.91. The van der Waals surface area contributed by atoms with Gasteiger partial charge in [-0.1, -0.05) is 0 Å². The lowest BCUT2D eigenvalue weighted by atomic mass is 10.0. The lowest BCUT2D eigenvalue weighted by Crippen LogP contribution is -2.23. The SMILES string of the molecule is CCOC1CCN(c2ccnc3cc(COc4ccc(C#N)cc4)c(C)cc23)C1. The molecule has 1 fully saturated rings. The molecule has 0 saturated carbocycles. The highest BCUT2D eigenvalue weighted by Gasteiger charge is 2.24. The zero-order valence-electron chi connectivity index (χ0n) is 16.9. The molecule has 2 heterocycles. The van der Waals surface area contributed by atoms with Gasteiger partial charge in [0.05, 0.1) is 23.3 Å². The molecular formula is C24H25N3O2. The summed E-state index contributed by atoms with van der Waals surface area (Å²) in [7, 11) is 0. The lowest BCUT2D eigenvalue weighted by molar-refractivity contribution is 0.0788. The van der Waals surface area contributed by atoms with Gasteiger partial charge in [0.2, 0.25) is 0 Å². The molecule has 1 saturated heterocycles. The van der Waals surface area contributed by atoms with Gasteiger partial charge in [-0.3, -0.25) is 4.98 Å². The van der Waals surface area contributed by atoms with Gasteiger partial charge >= 0.3 is 0 Å². The van der Waals surface area contributed by atoms with Crippen LogP contribution in [0.4, 0.5) is 5.69 Å². The summed E-state index contributed by atoms with van der Waals surface area (Å²) in [6, 6.07) is 15.7. The second-order valence-corrected chi connectivity index (χ2v) is 7.36. The first kappa shape index (κ1) is 19.2. The highest BCUT2D eigenvalue weighted by molar-refractivity contribution is 5.92. The molecular weight excluding hydrogens is 362 g/mol. The lowest BCUT2D eigenvalue weighted by Gasteiger charge is -2.21. The van der Waals surface area contributed by atoms with Crippen molar-refractivity contribution < 1.29 is 9.47 Å². The van der Waals surface area contributed by atoms with Crippen molar-refractivity contribution in [3.63, 3.8) is 0 Å². The Morgan fingerprint density at radius 2 is 2.03 bits per heavy atom. The number of pyridine rings is 1. The van der Waals surface area contributed by atoms with Gasteiger partial charge < -0.3 is 14.4 Å². The quantitative estimate of drug-likeness (QED) is 0.618. The number of hydrogen-bond acceptors (Lipinski definition) is 5. The molecule has 1 aromatic heterocycles. The number of anilines is 1. The van der Waals surface area contributed by atoms with Crippen molar-refractivity contribution >= 4 is 16.6 Å². The highest BCUT2D eigenvalue weighted by atomic mass is 16.5. The highest BCUT2D eigenvalue weighted by Crippen LogP contribution is 2.31. The molecule has 1 aliphatic heterocycles. The van der Waals surface area contributed by atoms with Crippen molar-refractivity contribution in [3.05, 3.63) is 65.4 Å². The first-order valence-corrected chi connectivity index (χ1v) is 10.1. The molecule has 5 heteroatoms. The van der Waals surface area contributed by atoms with Crippen LogP contribution in [0.3, 0.4) is 0 Å². The topological polar surface area (TPSA) is 58.4 Å². The number of nitrogens with zero attached hydrogens (tertiary/aromatic N) is 3. The van der Waals surface area contributed by atoms with E-state index in [9.17, 15) is 0 Å². The average Bonchev–Trinajstić information content (AvgIpc) is 3.21. The van der Waals surface area contributed by atoms with E-state index in [2.05, 4.69) is 48.0 Å². The van der Waals surface area contributed by atoms with E-state index in [1.807, 2.05) is 18.3 Å². The summed E-state index contributed by atoms with van der Waals surface area (Å²) in [4.78, 5) is 7.00. The van der Waals surface area contributed by atoms with Crippen LogP contribution in [0.25, 0.3) is 10.9 Å². The molecule has 1 unspecified atom stereocenters. The number of hydrogen-bond donors (Lipinski definition) is 0. The predicted molar refractivity (Wildman–Crippen MR) is 114 cm³/mol. The Morgan fingerprint density at radius 1 is 1.21 bits per heavy atom. The summed E-state index contributed by atoms with van der Waals surface area (Å²) in [6.07, 6.45) is 3.25. The molecule has 1 atom stereocenters. The van der Waals surface area contributed by atoms with E-state index >= 15 is 0 Å². The van der Waals surface area contributed by atoms with E-state index in [0.717, 1.165) is 42.9 Å². The number of nitriles is 1. The van der Waals surface area contributed by atoms with Crippen molar-refractivity contribution in [1.29, 1.82) is 5.26 Å². The summed E-state index contributed by atoms with van der Waals surface area (Å²) >= 11 is 0. The number of fused-ring (bicyclic) bond motifs is 1. The second-order valence-electron chi connectivity index (χ2n) is 7.36. The summed E-state index contributed by atoms with van der Waals surface area (Å²) in [5.41, 5.74) is 5.12. The van der Waals surface area contributed by atoms with Crippen molar-refractivity contribution in [3.8, 4) is 11.8 Å². The van der Waals surface area contributed by atoms with E-state index in [1.54, 1.807) is 12.1 Å². The van der Waals surface area contributed by atoms with Gasteiger partial charge in [0.1, 0.15) is 12.4 Å². The smallest absolute Gasteiger partial charge is 0.119 e. The second kappa shape index (κ2) is 8.50. The maximum absolute atomic E-state index is 8.91. The molecule has 29 heavy (non-hydrogen) atoms. The average molecular weight is 387 g/mol. The number of aromatic nitrogens is 1. The van der Waals surface area contributed by atoms with Crippen LogP contribution in [0.2, 0.25) is 0 Å². The Morgan fingerprint density at radius 3 is 2.79 bits per heavy atom. The normalized spacial score (nSPS) is 16.2. The molecule has 0 radical (unpaired) electrons. The van der Waals surface area contributed by atoms with Crippen molar-refractivity contribution in [1.82, 2.24) is 4.98 Å². The molecule has 0 N–H and O–H groups in total. The Bertz CT molecular complexity index is 1040. The third-order valence-corrected chi connectivity index (χ3v) is 5.44. The number of ether oxygens (including phenoxy) is 2. The molecule has 3 aromatic rings. The zero-order valence-corrected chi connectivity index (χ0v) is 16.9. The zero-order chi connectivity index (χ0) is 20.2. The largest absolute Gasteiger partial charge is 0.489 e. The molecule has 0 bridgehead atoms. The third kappa shape index (κ3) is 4.18. The number of benzene rings is 2. The summed E-state index contributed by atoms with van der Waals surface area (Å²) in [6.45, 7) is 7.32. The van der Waals surface area contributed by atoms with Gasteiger partial charge in [0, 0.05) is 37.0 Å². The fourth-order valence-corrected chi connectivity index (χ4v) is 3.87. The van der Waals surface area contributed by atoms with Gasteiger partial charge in [-0.05, 0) is 73.9 Å². The fourth-order valence-electron chi connectivity index (χ4n) is 3.87. The standard InChI is InChI=1S/C24H25N3O2/c1-3-28-21-9-11-27(15-21)24-8-10-26-23-13-19(17(2)12-22(23)24)16-29-20-6-4-18(14-25)5-7-20/h4-8,10,12-13,21H,3,9,11,15-16H2,1-2H3. The molecule has 148 valence electrons. The van der Waals surface area contributed by atoms with Crippen LogP contribution in [0.1, 0.15) is 30.0 Å². The van der Waals surface area contributed by atoms with E-state index in [-0.39, 0.29) is 0 Å². The first-order valence-electron chi connectivity index (χ1n) is 10.1. The monoisotopic (exact) mass is 387 g/mol. The van der Waals surface area contributed by atoms with Crippen LogP contribution in [-0.4, -0.2) is 30.8 Å². The molecule has 1 aliphatic rings. The molecule has 5 nitrogen and oxygen atoms in total. The number of aryl methyl sites for hydroxylation is 1. The van der Waals surface area contributed by atoms with Gasteiger partial charge in [-0.15, -0.1) is 0 Å². The minimum absolute atomic E-state index is 0.310. The van der Waals surface area contributed by atoms with Crippen molar-refractivity contribution in [2.24, 2.45) is 0 Å². The Hall–Kier alpha value is -3.10. The first-order chi connectivity index (χ1) is 14.2. The Kier molecular flexibility index (Phi) is 5.64. The van der Waals surface area contributed by atoms with Gasteiger partial charge in [-0.25, -0.2) is 0 Å². The molecule has 0 aliphatic carbocycles. The fraction of sp³-hybridized carbons (Fsp3) is 0.333. The summed E-state index contributed by atoms with van der Waals surface area (Å²) in [5.74, 6) is 0.754. The Balaban J connectivity index is 1.55. The molecule has 0 amide bonds. The predicted octanol–water partition coefficient (Wildman–Crippen LogP) is 4.61. The van der Waals surface area contributed by atoms with Crippen molar-refractivity contribution in [2.75, 3.05) is 24.6 Å².